The number of hydrogen-bond donors (Lipinski definition) is 3. The average molecular weight is 241 g/mol. The van der Waals surface area contributed by atoms with E-state index in [0.29, 0.717) is 24.8 Å². The number of carbonyl (C=O) groups excluding carboxylic acids is 1. The average Bonchev–Trinajstić information content (AvgIpc) is 2.72. The predicted octanol–water partition coefficient (Wildman–Crippen LogP) is 1.31. The Hall–Kier alpha value is -1.26. The van der Waals surface area contributed by atoms with Crippen LogP contribution in [0.15, 0.2) is 5.16 Å². The molecule has 1 amide bonds. The maximum Gasteiger partial charge on any atom is 0.230 e. The summed E-state index contributed by atoms with van der Waals surface area (Å²) >= 11 is 0. The number of rotatable bonds is 5. The summed E-state index contributed by atoms with van der Waals surface area (Å²) in [7, 11) is 0. The molecule has 0 radical (unpaired) electrons. The lowest BCUT2D eigenvalue weighted by Gasteiger charge is -2.18. The predicted molar refractivity (Wildman–Crippen MR) is 66.7 cm³/mol. The van der Waals surface area contributed by atoms with Crippen LogP contribution in [0.2, 0.25) is 0 Å². The van der Waals surface area contributed by atoms with E-state index in [0.717, 1.165) is 0 Å². The van der Waals surface area contributed by atoms with Crippen molar-refractivity contribution in [2.75, 3.05) is 6.54 Å². The first kappa shape index (κ1) is 13.8. The van der Waals surface area contributed by atoms with E-state index in [2.05, 4.69) is 17.4 Å². The van der Waals surface area contributed by atoms with Gasteiger partial charge in [-0.1, -0.05) is 31.8 Å². The van der Waals surface area contributed by atoms with E-state index in [-0.39, 0.29) is 11.7 Å². The summed E-state index contributed by atoms with van der Waals surface area (Å²) in [5, 5.41) is 14.4. The lowest BCUT2D eigenvalue weighted by atomic mass is 9.97. The van der Waals surface area contributed by atoms with Gasteiger partial charge in [0.1, 0.15) is 0 Å². The van der Waals surface area contributed by atoms with E-state index in [9.17, 15) is 4.79 Å². The normalized spacial score (nSPS) is 26.8. The van der Waals surface area contributed by atoms with Crippen molar-refractivity contribution in [2.45, 2.75) is 39.5 Å². The summed E-state index contributed by atoms with van der Waals surface area (Å²) in [6.45, 7) is 4.78. The Bertz CT molecular complexity index is 291. The van der Waals surface area contributed by atoms with Gasteiger partial charge in [0.25, 0.3) is 0 Å². The van der Waals surface area contributed by atoms with Crippen molar-refractivity contribution in [1.29, 1.82) is 0 Å². The number of nitrogens with zero attached hydrogens (tertiary/aromatic N) is 1. The molecule has 1 rings (SSSR count). The highest BCUT2D eigenvalue weighted by Crippen LogP contribution is 2.30. The minimum absolute atomic E-state index is 0.00975. The Kier molecular flexibility index (Phi) is 5.25. The van der Waals surface area contributed by atoms with Crippen LogP contribution in [0.1, 0.15) is 39.5 Å². The second-order valence-electron chi connectivity index (χ2n) is 4.90. The Morgan fingerprint density at radius 3 is 2.76 bits per heavy atom. The zero-order valence-electron chi connectivity index (χ0n) is 10.6. The van der Waals surface area contributed by atoms with Gasteiger partial charge in [0.05, 0.1) is 5.92 Å². The third-order valence-corrected chi connectivity index (χ3v) is 3.77. The van der Waals surface area contributed by atoms with Gasteiger partial charge in [-0.3, -0.25) is 4.79 Å². The zero-order valence-corrected chi connectivity index (χ0v) is 10.6. The van der Waals surface area contributed by atoms with E-state index < -0.39 is 5.92 Å². The SMILES string of the molecule is CCC(C(=O)NCC1CCCC1C)C(N)=NO. The molecular weight excluding hydrogens is 218 g/mol. The van der Waals surface area contributed by atoms with Crippen LogP contribution in [-0.4, -0.2) is 23.5 Å². The van der Waals surface area contributed by atoms with Crippen LogP contribution < -0.4 is 11.1 Å². The molecule has 1 fully saturated rings. The molecule has 0 aromatic rings. The molecule has 0 spiro atoms. The molecule has 0 aliphatic heterocycles. The highest BCUT2D eigenvalue weighted by molar-refractivity contribution is 6.01. The second-order valence-corrected chi connectivity index (χ2v) is 4.90. The van der Waals surface area contributed by atoms with Crippen LogP contribution >= 0.6 is 0 Å². The molecule has 1 saturated carbocycles. The number of oxime groups is 1. The Morgan fingerprint density at radius 2 is 2.29 bits per heavy atom. The van der Waals surface area contributed by atoms with Gasteiger partial charge in [0.2, 0.25) is 5.91 Å². The summed E-state index contributed by atoms with van der Waals surface area (Å²) in [4.78, 5) is 11.9. The van der Waals surface area contributed by atoms with Crippen molar-refractivity contribution in [3.05, 3.63) is 0 Å². The molecule has 0 bridgehead atoms. The van der Waals surface area contributed by atoms with Gasteiger partial charge in [-0.05, 0) is 24.7 Å². The largest absolute Gasteiger partial charge is 0.409 e. The summed E-state index contributed by atoms with van der Waals surface area (Å²) in [5.74, 6) is 0.589. The van der Waals surface area contributed by atoms with Crippen molar-refractivity contribution in [2.24, 2.45) is 28.6 Å². The van der Waals surface area contributed by atoms with E-state index in [1.54, 1.807) is 0 Å². The molecule has 1 aliphatic rings. The molecule has 5 heteroatoms. The van der Waals surface area contributed by atoms with Crippen molar-refractivity contribution < 1.29 is 10.0 Å². The van der Waals surface area contributed by atoms with Crippen LogP contribution in [-0.2, 0) is 4.79 Å². The summed E-state index contributed by atoms with van der Waals surface area (Å²) in [5.41, 5.74) is 5.48. The van der Waals surface area contributed by atoms with E-state index in [1.165, 1.54) is 19.3 Å². The Labute approximate surface area is 102 Å². The smallest absolute Gasteiger partial charge is 0.230 e. The molecule has 5 nitrogen and oxygen atoms in total. The molecule has 3 atom stereocenters. The topological polar surface area (TPSA) is 87.7 Å². The van der Waals surface area contributed by atoms with Crippen LogP contribution in [0.5, 0.6) is 0 Å². The lowest BCUT2D eigenvalue weighted by Crippen LogP contribution is -2.40. The maximum absolute atomic E-state index is 11.9. The molecule has 98 valence electrons. The van der Waals surface area contributed by atoms with Crippen LogP contribution in [0, 0.1) is 17.8 Å². The summed E-state index contributed by atoms with van der Waals surface area (Å²) < 4.78 is 0. The van der Waals surface area contributed by atoms with Crippen LogP contribution in [0.3, 0.4) is 0 Å². The van der Waals surface area contributed by atoms with Crippen LogP contribution in [0.25, 0.3) is 0 Å². The third-order valence-electron chi connectivity index (χ3n) is 3.77. The van der Waals surface area contributed by atoms with Crippen molar-refractivity contribution in [3.8, 4) is 0 Å². The minimum Gasteiger partial charge on any atom is -0.409 e. The number of amidine groups is 1. The first-order valence-corrected chi connectivity index (χ1v) is 6.35. The monoisotopic (exact) mass is 241 g/mol. The van der Waals surface area contributed by atoms with Gasteiger partial charge in [-0.15, -0.1) is 0 Å². The van der Waals surface area contributed by atoms with E-state index in [4.69, 9.17) is 10.9 Å². The van der Waals surface area contributed by atoms with Gasteiger partial charge in [0.15, 0.2) is 5.84 Å². The van der Waals surface area contributed by atoms with Gasteiger partial charge in [-0.2, -0.15) is 0 Å². The molecule has 4 N–H and O–H groups in total. The summed E-state index contributed by atoms with van der Waals surface area (Å²) in [6, 6.07) is 0. The van der Waals surface area contributed by atoms with E-state index in [1.807, 2.05) is 6.92 Å². The lowest BCUT2D eigenvalue weighted by molar-refractivity contribution is -0.123. The van der Waals surface area contributed by atoms with Gasteiger partial charge in [-0.25, -0.2) is 0 Å². The fourth-order valence-corrected chi connectivity index (χ4v) is 2.48. The number of nitrogens with one attached hydrogen (secondary N) is 1. The van der Waals surface area contributed by atoms with Gasteiger partial charge in [0, 0.05) is 6.54 Å². The second kappa shape index (κ2) is 6.47. The number of amides is 1. The number of hydrogen-bond acceptors (Lipinski definition) is 3. The molecule has 0 aromatic carbocycles. The number of carbonyl (C=O) groups is 1. The molecule has 0 aromatic heterocycles. The van der Waals surface area contributed by atoms with Gasteiger partial charge < -0.3 is 16.3 Å². The molecule has 0 saturated heterocycles. The first-order valence-electron chi connectivity index (χ1n) is 6.35. The highest BCUT2D eigenvalue weighted by atomic mass is 16.4. The third kappa shape index (κ3) is 3.61. The molecule has 3 unspecified atom stereocenters. The maximum atomic E-state index is 11.9. The zero-order chi connectivity index (χ0) is 12.8. The fourth-order valence-electron chi connectivity index (χ4n) is 2.48. The van der Waals surface area contributed by atoms with Gasteiger partial charge >= 0.3 is 0 Å². The highest BCUT2D eigenvalue weighted by Gasteiger charge is 2.26. The molecule has 1 aliphatic carbocycles. The Balaban J connectivity index is 2.42. The quantitative estimate of drug-likeness (QED) is 0.293. The van der Waals surface area contributed by atoms with Crippen LogP contribution in [0.4, 0.5) is 0 Å². The molecule has 0 heterocycles. The van der Waals surface area contributed by atoms with Crippen molar-refractivity contribution >= 4 is 11.7 Å². The van der Waals surface area contributed by atoms with E-state index >= 15 is 0 Å². The minimum atomic E-state index is -0.517. The van der Waals surface area contributed by atoms with Crippen molar-refractivity contribution in [3.63, 3.8) is 0 Å². The fraction of sp³-hybridized carbons (Fsp3) is 0.833. The standard InChI is InChI=1S/C12H23N3O2/c1-3-10(11(13)15-17)12(16)14-7-9-6-4-5-8(9)2/h8-10,17H,3-7H2,1-2H3,(H2,13,15)(H,14,16). The number of nitrogens with two attached hydrogens (primary N) is 1. The van der Waals surface area contributed by atoms with Crippen molar-refractivity contribution in [1.82, 2.24) is 5.32 Å². The Morgan fingerprint density at radius 1 is 1.59 bits per heavy atom. The first-order chi connectivity index (χ1) is 8.10. The summed E-state index contributed by atoms with van der Waals surface area (Å²) in [6.07, 6.45) is 4.22. The molecule has 17 heavy (non-hydrogen) atoms. The molecular formula is C12H23N3O2.